The number of nitrogens with zero attached hydrogens (tertiary/aromatic N) is 7. The number of piperazine rings is 1. The van der Waals surface area contributed by atoms with Crippen LogP contribution in [-0.2, 0) is 0 Å². The number of rotatable bonds is 2. The Morgan fingerprint density at radius 3 is 2.75 bits per heavy atom. The topological polar surface area (TPSA) is 71.0 Å². The van der Waals surface area contributed by atoms with Gasteiger partial charge in [0, 0.05) is 37.4 Å². The summed E-state index contributed by atoms with van der Waals surface area (Å²) in [5.74, 6) is 0. The molecule has 0 amide bonds. The number of imidazole rings is 1. The van der Waals surface area contributed by atoms with Gasteiger partial charge in [-0.1, -0.05) is 0 Å². The average Bonchev–Trinajstić information content (AvgIpc) is 3.34. The molecule has 0 aliphatic carbocycles. The quantitative estimate of drug-likeness (QED) is 0.488. The van der Waals surface area contributed by atoms with Crippen LogP contribution in [-0.4, -0.2) is 60.6 Å². The van der Waals surface area contributed by atoms with Crippen LogP contribution in [0.15, 0.2) is 41.5 Å². The van der Waals surface area contributed by atoms with Gasteiger partial charge in [-0.2, -0.15) is 5.10 Å². The van der Waals surface area contributed by atoms with Crippen molar-refractivity contribution in [3.05, 3.63) is 58.3 Å². The van der Waals surface area contributed by atoms with Gasteiger partial charge >= 0.3 is 0 Å². The first kappa shape index (κ1) is 19.4. The number of fused-ring (bicyclic) bond motifs is 3. The minimum absolute atomic E-state index is 0.0982. The standard InChI is InChI=1S/C24H27N7O/c1-16-11-20(27-31-13-17(2)25-23(16)31)19-12-22(32)30-14-18(5-6-21(30)26-19)28-9-10-29-8-4-7-24(29,3)15-28/h5-6,11-14H,4,7-10,15H2,1-3H3/t24-/m0/s1. The van der Waals surface area contributed by atoms with Crippen molar-refractivity contribution in [2.24, 2.45) is 0 Å². The van der Waals surface area contributed by atoms with Gasteiger partial charge in [0.2, 0.25) is 0 Å². The molecule has 2 saturated heterocycles. The van der Waals surface area contributed by atoms with Gasteiger partial charge in [0.1, 0.15) is 11.3 Å². The molecule has 2 fully saturated rings. The van der Waals surface area contributed by atoms with Gasteiger partial charge in [0.25, 0.3) is 5.56 Å². The molecule has 0 spiro atoms. The number of pyridine rings is 1. The first-order valence-electron chi connectivity index (χ1n) is 11.3. The predicted octanol–water partition coefficient (Wildman–Crippen LogP) is 2.70. The van der Waals surface area contributed by atoms with E-state index in [1.807, 2.05) is 38.4 Å². The first-order chi connectivity index (χ1) is 15.4. The third-order valence-corrected chi connectivity index (χ3v) is 7.08. The van der Waals surface area contributed by atoms with Crippen LogP contribution in [0.2, 0.25) is 0 Å². The van der Waals surface area contributed by atoms with E-state index in [9.17, 15) is 4.79 Å². The molecular formula is C24H27N7O. The van der Waals surface area contributed by atoms with E-state index in [1.165, 1.54) is 19.4 Å². The van der Waals surface area contributed by atoms with Gasteiger partial charge in [0.15, 0.2) is 5.65 Å². The molecule has 0 radical (unpaired) electrons. The van der Waals surface area contributed by atoms with E-state index >= 15 is 0 Å². The van der Waals surface area contributed by atoms with Crippen molar-refractivity contribution in [1.82, 2.24) is 28.9 Å². The van der Waals surface area contributed by atoms with Crippen LogP contribution in [0.1, 0.15) is 31.0 Å². The third-order valence-electron chi connectivity index (χ3n) is 7.08. The van der Waals surface area contributed by atoms with Crippen molar-refractivity contribution in [2.75, 3.05) is 31.1 Å². The van der Waals surface area contributed by atoms with Crippen molar-refractivity contribution in [3.63, 3.8) is 0 Å². The van der Waals surface area contributed by atoms with Gasteiger partial charge in [0.05, 0.1) is 23.3 Å². The summed E-state index contributed by atoms with van der Waals surface area (Å²) < 4.78 is 3.41. The van der Waals surface area contributed by atoms with Crippen LogP contribution in [0, 0.1) is 13.8 Å². The van der Waals surface area contributed by atoms with Gasteiger partial charge in [-0.3, -0.25) is 14.1 Å². The Balaban J connectivity index is 1.38. The summed E-state index contributed by atoms with van der Waals surface area (Å²) in [6, 6.07) is 7.54. The molecule has 0 saturated carbocycles. The molecule has 2 aliphatic heterocycles. The van der Waals surface area contributed by atoms with Crippen molar-refractivity contribution >= 4 is 17.0 Å². The molecule has 8 nitrogen and oxygen atoms in total. The van der Waals surface area contributed by atoms with E-state index in [4.69, 9.17) is 4.98 Å². The highest BCUT2D eigenvalue weighted by Gasteiger charge is 2.41. The molecule has 4 aromatic rings. The summed E-state index contributed by atoms with van der Waals surface area (Å²) in [6.07, 6.45) is 6.32. The fraction of sp³-hybridized carbons (Fsp3) is 0.417. The largest absolute Gasteiger partial charge is 0.367 e. The molecule has 8 heteroatoms. The number of aromatic nitrogens is 5. The van der Waals surface area contributed by atoms with Crippen LogP contribution in [0.4, 0.5) is 5.69 Å². The molecule has 0 aromatic carbocycles. The lowest BCUT2D eigenvalue weighted by Crippen LogP contribution is -2.57. The maximum atomic E-state index is 13.1. The number of aryl methyl sites for hydroxylation is 2. The maximum absolute atomic E-state index is 13.1. The fourth-order valence-electron chi connectivity index (χ4n) is 5.37. The molecule has 0 N–H and O–H groups in total. The molecule has 164 valence electrons. The molecule has 4 aromatic heterocycles. The van der Waals surface area contributed by atoms with Crippen molar-refractivity contribution in [2.45, 2.75) is 39.2 Å². The highest BCUT2D eigenvalue weighted by Crippen LogP contribution is 2.34. The molecule has 0 unspecified atom stereocenters. The van der Waals surface area contributed by atoms with E-state index in [1.54, 1.807) is 15.0 Å². The second kappa shape index (κ2) is 6.87. The van der Waals surface area contributed by atoms with Crippen LogP contribution in [0.5, 0.6) is 0 Å². The van der Waals surface area contributed by atoms with E-state index in [-0.39, 0.29) is 11.1 Å². The second-order valence-corrected chi connectivity index (χ2v) is 9.47. The summed E-state index contributed by atoms with van der Waals surface area (Å²) in [7, 11) is 0. The van der Waals surface area contributed by atoms with Crippen LogP contribution in [0.3, 0.4) is 0 Å². The lowest BCUT2D eigenvalue weighted by atomic mass is 9.95. The normalized spacial score (nSPS) is 21.5. The summed E-state index contributed by atoms with van der Waals surface area (Å²) in [4.78, 5) is 27.3. The van der Waals surface area contributed by atoms with Gasteiger partial charge in [-0.05, 0) is 63.9 Å². The van der Waals surface area contributed by atoms with Crippen molar-refractivity contribution in [1.29, 1.82) is 0 Å². The van der Waals surface area contributed by atoms with Gasteiger partial charge < -0.3 is 4.90 Å². The third kappa shape index (κ3) is 3.01. The minimum Gasteiger partial charge on any atom is -0.367 e. The lowest BCUT2D eigenvalue weighted by molar-refractivity contribution is 0.138. The number of anilines is 1. The van der Waals surface area contributed by atoms with Gasteiger partial charge in [-0.25, -0.2) is 14.5 Å². The molecule has 6 rings (SSSR count). The molecule has 6 heterocycles. The van der Waals surface area contributed by atoms with Crippen molar-refractivity contribution < 1.29 is 0 Å². The van der Waals surface area contributed by atoms with Crippen LogP contribution >= 0.6 is 0 Å². The Morgan fingerprint density at radius 1 is 1.00 bits per heavy atom. The zero-order chi connectivity index (χ0) is 22.0. The summed E-state index contributed by atoms with van der Waals surface area (Å²) >= 11 is 0. The second-order valence-electron chi connectivity index (χ2n) is 9.47. The number of hydrogen-bond acceptors (Lipinski definition) is 6. The van der Waals surface area contributed by atoms with Crippen LogP contribution in [0.25, 0.3) is 22.7 Å². The van der Waals surface area contributed by atoms with E-state index in [0.717, 1.165) is 42.2 Å². The molecule has 32 heavy (non-hydrogen) atoms. The summed E-state index contributed by atoms with van der Waals surface area (Å²) in [5.41, 5.74) is 5.81. The average molecular weight is 430 g/mol. The minimum atomic E-state index is -0.0982. The highest BCUT2D eigenvalue weighted by atomic mass is 16.1. The Hall–Kier alpha value is -3.26. The molecule has 2 aliphatic rings. The Morgan fingerprint density at radius 2 is 1.88 bits per heavy atom. The Bertz CT molecular complexity index is 1420. The van der Waals surface area contributed by atoms with Gasteiger partial charge in [-0.15, -0.1) is 0 Å². The Labute approximate surface area is 186 Å². The fourth-order valence-corrected chi connectivity index (χ4v) is 5.37. The smallest absolute Gasteiger partial charge is 0.258 e. The van der Waals surface area contributed by atoms with Crippen LogP contribution < -0.4 is 10.5 Å². The van der Waals surface area contributed by atoms with Crippen molar-refractivity contribution in [3.8, 4) is 11.4 Å². The van der Waals surface area contributed by atoms with E-state index in [0.29, 0.717) is 17.0 Å². The predicted molar refractivity (Wildman–Crippen MR) is 124 cm³/mol. The summed E-state index contributed by atoms with van der Waals surface area (Å²) in [6.45, 7) is 10.5. The SMILES string of the molecule is Cc1cn2nc(-c3cc(=O)n4cc(N5CCN6CCC[C@@]6(C)C5)ccc4n3)cc(C)c2n1. The monoisotopic (exact) mass is 429 g/mol. The molecule has 0 bridgehead atoms. The Kier molecular flexibility index (Phi) is 4.17. The zero-order valence-electron chi connectivity index (χ0n) is 18.7. The molecule has 1 atom stereocenters. The van der Waals surface area contributed by atoms with E-state index < -0.39 is 0 Å². The number of hydrogen-bond donors (Lipinski definition) is 0. The lowest BCUT2D eigenvalue weighted by Gasteiger charge is -2.46. The highest BCUT2D eigenvalue weighted by molar-refractivity contribution is 5.62. The first-order valence-corrected chi connectivity index (χ1v) is 11.3. The zero-order valence-corrected chi connectivity index (χ0v) is 18.7. The maximum Gasteiger partial charge on any atom is 0.258 e. The summed E-state index contributed by atoms with van der Waals surface area (Å²) in [5, 5.41) is 4.64. The molecular weight excluding hydrogens is 402 g/mol. The van der Waals surface area contributed by atoms with E-state index in [2.05, 4.69) is 32.9 Å².